The molecule has 0 saturated carbocycles. The summed E-state index contributed by atoms with van der Waals surface area (Å²) < 4.78 is 31.8. The van der Waals surface area contributed by atoms with Crippen LogP contribution in [0.4, 0.5) is 8.78 Å². The van der Waals surface area contributed by atoms with Crippen LogP contribution in [-0.4, -0.2) is 37.5 Å². The van der Waals surface area contributed by atoms with Gasteiger partial charge in [-0.2, -0.15) is 0 Å². The molecule has 1 aromatic heterocycles. The molecular weight excluding hydrogens is 282 g/mol. The van der Waals surface area contributed by atoms with Crippen LogP contribution >= 0.6 is 15.9 Å². The van der Waals surface area contributed by atoms with Crippen molar-refractivity contribution in [3.63, 3.8) is 0 Å². The van der Waals surface area contributed by atoms with Gasteiger partial charge in [0.2, 0.25) is 0 Å². The lowest BCUT2D eigenvalue weighted by Crippen LogP contribution is -2.46. The summed E-state index contributed by atoms with van der Waals surface area (Å²) in [4.78, 5) is 1.76. The number of nitrogens with one attached hydrogen (secondary N) is 1. The third-order valence-electron chi connectivity index (χ3n) is 2.67. The monoisotopic (exact) mass is 294 g/mol. The van der Waals surface area contributed by atoms with E-state index in [4.69, 9.17) is 4.42 Å². The number of furan rings is 1. The predicted molar refractivity (Wildman–Crippen MR) is 59.6 cm³/mol. The largest absolute Gasteiger partial charge is 0.452 e. The van der Waals surface area contributed by atoms with Crippen molar-refractivity contribution in [1.29, 1.82) is 0 Å². The lowest BCUT2D eigenvalue weighted by atomic mass is 10.1. The highest BCUT2D eigenvalue weighted by Gasteiger charge is 2.32. The zero-order valence-corrected chi connectivity index (χ0v) is 10.2. The first-order valence-corrected chi connectivity index (χ1v) is 5.96. The van der Waals surface area contributed by atoms with Crippen molar-refractivity contribution in [2.75, 3.05) is 26.2 Å². The zero-order valence-electron chi connectivity index (χ0n) is 8.63. The Morgan fingerprint density at radius 1 is 1.31 bits per heavy atom. The molecule has 2 rings (SSSR count). The molecule has 1 N–H and O–H groups in total. The Balaban J connectivity index is 2.16. The fraction of sp³-hybridized carbons (Fsp3) is 0.600. The lowest BCUT2D eigenvalue weighted by molar-refractivity contribution is 0.00710. The molecule has 90 valence electrons. The van der Waals surface area contributed by atoms with Gasteiger partial charge in [-0.3, -0.25) is 4.90 Å². The number of piperazine rings is 1. The van der Waals surface area contributed by atoms with E-state index in [0.29, 0.717) is 23.5 Å². The topological polar surface area (TPSA) is 28.4 Å². The number of halogens is 3. The van der Waals surface area contributed by atoms with Gasteiger partial charge in [-0.05, 0) is 28.1 Å². The number of hydrogen-bond donors (Lipinski definition) is 1. The summed E-state index contributed by atoms with van der Waals surface area (Å²) in [6.45, 7) is 2.72. The van der Waals surface area contributed by atoms with E-state index >= 15 is 0 Å². The number of hydrogen-bond acceptors (Lipinski definition) is 3. The molecule has 1 aromatic rings. The second-order valence-corrected chi connectivity index (χ2v) is 4.49. The molecular formula is C10H13BrF2N2O. The van der Waals surface area contributed by atoms with Crippen LogP contribution in [0.25, 0.3) is 0 Å². The Morgan fingerprint density at radius 3 is 2.50 bits per heavy atom. The van der Waals surface area contributed by atoms with Crippen LogP contribution in [0.3, 0.4) is 0 Å². The molecule has 0 unspecified atom stereocenters. The van der Waals surface area contributed by atoms with E-state index in [1.54, 1.807) is 17.0 Å². The van der Waals surface area contributed by atoms with Crippen molar-refractivity contribution < 1.29 is 13.2 Å². The molecule has 0 amide bonds. The molecule has 1 aliphatic heterocycles. The van der Waals surface area contributed by atoms with E-state index in [9.17, 15) is 8.78 Å². The van der Waals surface area contributed by atoms with Crippen LogP contribution in [0.1, 0.15) is 11.8 Å². The maximum absolute atomic E-state index is 13.0. The molecule has 16 heavy (non-hydrogen) atoms. The second-order valence-electron chi connectivity index (χ2n) is 3.71. The highest BCUT2D eigenvalue weighted by Crippen LogP contribution is 2.30. The van der Waals surface area contributed by atoms with E-state index in [1.807, 2.05) is 0 Å². The summed E-state index contributed by atoms with van der Waals surface area (Å²) in [6.07, 6.45) is -2.43. The number of rotatable bonds is 3. The van der Waals surface area contributed by atoms with Crippen LogP contribution in [0.2, 0.25) is 0 Å². The van der Waals surface area contributed by atoms with Crippen LogP contribution in [0.5, 0.6) is 0 Å². The van der Waals surface area contributed by atoms with Gasteiger partial charge in [-0.15, -0.1) is 0 Å². The van der Waals surface area contributed by atoms with Crippen LogP contribution in [0.15, 0.2) is 21.2 Å². The number of nitrogens with zero attached hydrogens (tertiary/aromatic N) is 1. The Kier molecular flexibility index (Phi) is 3.94. The van der Waals surface area contributed by atoms with Crippen molar-refractivity contribution >= 4 is 15.9 Å². The summed E-state index contributed by atoms with van der Waals surface area (Å²) in [5, 5.41) is 3.14. The van der Waals surface area contributed by atoms with Crippen LogP contribution in [0, 0.1) is 0 Å². The minimum absolute atomic E-state index is 0.323. The van der Waals surface area contributed by atoms with Gasteiger partial charge in [0.15, 0.2) is 4.67 Å². The Morgan fingerprint density at radius 2 is 2.00 bits per heavy atom. The van der Waals surface area contributed by atoms with E-state index < -0.39 is 12.5 Å². The Hall–Kier alpha value is -0.460. The maximum Gasteiger partial charge on any atom is 0.261 e. The van der Waals surface area contributed by atoms with Gasteiger partial charge in [-0.25, -0.2) is 8.78 Å². The van der Waals surface area contributed by atoms with Crippen LogP contribution < -0.4 is 5.32 Å². The van der Waals surface area contributed by atoms with E-state index in [2.05, 4.69) is 21.2 Å². The highest BCUT2D eigenvalue weighted by atomic mass is 79.9. The minimum Gasteiger partial charge on any atom is -0.452 e. The van der Waals surface area contributed by atoms with Gasteiger partial charge in [0.05, 0.1) is 0 Å². The van der Waals surface area contributed by atoms with E-state index in [0.717, 1.165) is 13.1 Å². The second kappa shape index (κ2) is 5.25. The standard InChI is InChI=1S/C10H13BrF2N2O/c11-8-2-1-7(16-8)9(10(12)13)15-5-3-14-4-6-15/h1-2,9-10,14H,3-6H2/t9-/m0/s1. The molecule has 2 heterocycles. The third-order valence-corrected chi connectivity index (χ3v) is 3.10. The van der Waals surface area contributed by atoms with Crippen molar-refractivity contribution in [3.8, 4) is 0 Å². The minimum atomic E-state index is -2.43. The van der Waals surface area contributed by atoms with Crippen molar-refractivity contribution in [2.24, 2.45) is 0 Å². The summed E-state index contributed by atoms with van der Waals surface area (Å²) in [5.74, 6) is 0.323. The molecule has 1 atom stereocenters. The molecule has 1 saturated heterocycles. The van der Waals surface area contributed by atoms with Crippen LogP contribution in [-0.2, 0) is 0 Å². The lowest BCUT2D eigenvalue weighted by Gasteiger charge is -2.33. The molecule has 1 fully saturated rings. The Labute approximate surface area is 101 Å². The van der Waals surface area contributed by atoms with Gasteiger partial charge in [0, 0.05) is 26.2 Å². The maximum atomic E-state index is 13.0. The van der Waals surface area contributed by atoms with Crippen molar-refractivity contribution in [3.05, 3.63) is 22.6 Å². The fourth-order valence-corrected chi connectivity index (χ4v) is 2.23. The normalized spacial score (nSPS) is 20.2. The first kappa shape index (κ1) is 12.0. The summed E-state index contributed by atoms with van der Waals surface area (Å²) in [6, 6.07) is 2.31. The van der Waals surface area contributed by atoms with Crippen molar-refractivity contribution in [2.45, 2.75) is 12.5 Å². The Bertz CT molecular complexity index is 339. The molecule has 0 aromatic carbocycles. The first-order chi connectivity index (χ1) is 7.68. The van der Waals surface area contributed by atoms with Gasteiger partial charge >= 0.3 is 0 Å². The first-order valence-electron chi connectivity index (χ1n) is 5.16. The molecule has 0 aliphatic carbocycles. The highest BCUT2D eigenvalue weighted by molar-refractivity contribution is 9.10. The fourth-order valence-electron chi connectivity index (χ4n) is 1.91. The molecule has 0 radical (unpaired) electrons. The smallest absolute Gasteiger partial charge is 0.261 e. The van der Waals surface area contributed by atoms with Crippen molar-refractivity contribution in [1.82, 2.24) is 10.2 Å². The van der Waals surface area contributed by atoms with Gasteiger partial charge < -0.3 is 9.73 Å². The average molecular weight is 295 g/mol. The summed E-state index contributed by atoms with van der Waals surface area (Å²) in [5.41, 5.74) is 0. The summed E-state index contributed by atoms with van der Waals surface area (Å²) in [7, 11) is 0. The molecule has 0 spiro atoms. The molecule has 1 aliphatic rings. The third kappa shape index (κ3) is 2.61. The van der Waals surface area contributed by atoms with Gasteiger partial charge in [-0.1, -0.05) is 0 Å². The zero-order chi connectivity index (χ0) is 11.5. The predicted octanol–water partition coefficient (Wildman–Crippen LogP) is 2.25. The van der Waals surface area contributed by atoms with E-state index in [1.165, 1.54) is 0 Å². The average Bonchev–Trinajstić information content (AvgIpc) is 2.66. The molecule has 3 nitrogen and oxygen atoms in total. The van der Waals surface area contributed by atoms with Gasteiger partial charge in [0.1, 0.15) is 11.8 Å². The summed E-state index contributed by atoms with van der Waals surface area (Å²) >= 11 is 3.13. The van der Waals surface area contributed by atoms with Gasteiger partial charge in [0.25, 0.3) is 6.43 Å². The quantitative estimate of drug-likeness (QED) is 0.927. The number of alkyl halides is 2. The SMILES string of the molecule is FC(F)[C@H](c1ccc(Br)o1)N1CCNCC1. The molecule has 6 heteroatoms. The molecule has 0 bridgehead atoms. The van der Waals surface area contributed by atoms with E-state index in [-0.39, 0.29) is 0 Å².